The molecule has 0 spiro atoms. The van der Waals surface area contributed by atoms with Crippen molar-refractivity contribution >= 4 is 62.2 Å². The number of aromatic nitrogens is 2. The summed E-state index contributed by atoms with van der Waals surface area (Å²) in [7, 11) is 1.26. The molecule has 7 nitrogen and oxygen atoms in total. The molecule has 25 heavy (non-hydrogen) atoms. The molecule has 0 saturated carbocycles. The Morgan fingerprint density at radius 3 is 2.68 bits per heavy atom. The number of nitrogens with zero attached hydrogens (tertiary/aromatic N) is 3. The molecule has 0 aliphatic heterocycles. The van der Waals surface area contributed by atoms with Crippen LogP contribution in [-0.4, -0.2) is 31.8 Å². The number of rotatable bonds is 4. The molecule has 1 unspecified atom stereocenters. The zero-order valence-electron chi connectivity index (χ0n) is 12.9. The van der Waals surface area contributed by atoms with Crippen molar-refractivity contribution < 1.29 is 18.3 Å². The van der Waals surface area contributed by atoms with Crippen LogP contribution in [-0.2, 0) is 16.0 Å². The summed E-state index contributed by atoms with van der Waals surface area (Å²) in [5.41, 5.74) is 1.80. The Bertz CT molecular complexity index is 977. The predicted octanol–water partition coefficient (Wildman–Crippen LogP) is 3.30. The summed E-state index contributed by atoms with van der Waals surface area (Å²) in [5, 5.41) is 0. The van der Waals surface area contributed by atoms with Crippen LogP contribution >= 0.6 is 22.6 Å². The van der Waals surface area contributed by atoms with Gasteiger partial charge in [-0.25, -0.2) is 13.3 Å². The molecule has 0 bridgehead atoms. The highest BCUT2D eigenvalue weighted by atomic mass is 127. The van der Waals surface area contributed by atoms with E-state index >= 15 is 0 Å². The first-order chi connectivity index (χ1) is 12.0. The van der Waals surface area contributed by atoms with Gasteiger partial charge in [-0.1, -0.05) is 6.07 Å². The van der Waals surface area contributed by atoms with Crippen LogP contribution in [0.5, 0.6) is 0 Å². The number of hydrogen-bond donors (Lipinski definition) is 1. The Kier molecular flexibility index (Phi) is 5.25. The Balaban J connectivity index is 2.29. The second-order valence-corrected chi connectivity index (χ2v) is 6.95. The maximum Gasteiger partial charge on any atom is 0.340 e. The summed E-state index contributed by atoms with van der Waals surface area (Å²) in [6.45, 7) is 0. The average molecular weight is 469 g/mol. The smallest absolute Gasteiger partial charge is 0.340 e. The molecule has 0 saturated heterocycles. The molecular weight excluding hydrogens is 457 g/mol. The first-order valence-corrected chi connectivity index (χ1v) is 9.16. The van der Waals surface area contributed by atoms with Crippen LogP contribution in [0.2, 0.25) is 0 Å². The highest BCUT2D eigenvalue weighted by molar-refractivity contribution is 14.1. The number of carbonyl (C=O) groups is 1. The van der Waals surface area contributed by atoms with Crippen LogP contribution in [0.4, 0.5) is 11.4 Å². The molecule has 9 heteroatoms. The van der Waals surface area contributed by atoms with Crippen LogP contribution in [0, 0.1) is 3.57 Å². The second kappa shape index (κ2) is 7.42. The lowest BCUT2D eigenvalue weighted by atomic mass is 10.1. The standard InChI is InChI=1S/C16H12IN3O4S/c1-24-16(21)11-6-5-10(17)9-14(11)20(25(22)23)13-4-2-3-12-15(13)19-8-7-18-12/h2-9H,1H3,(H,22,23). The zero-order valence-corrected chi connectivity index (χ0v) is 15.9. The van der Waals surface area contributed by atoms with Crippen LogP contribution < -0.4 is 4.31 Å². The number of ether oxygens (including phenoxy) is 1. The fourth-order valence-corrected chi connectivity index (χ4v) is 3.50. The van der Waals surface area contributed by atoms with Crippen LogP contribution in [0.25, 0.3) is 11.0 Å². The normalized spacial score (nSPS) is 12.0. The molecule has 0 fully saturated rings. The van der Waals surface area contributed by atoms with Gasteiger partial charge in [-0.2, -0.15) is 0 Å². The number of fused-ring (bicyclic) bond motifs is 1. The van der Waals surface area contributed by atoms with Crippen molar-refractivity contribution in [2.75, 3.05) is 11.4 Å². The number of hydrogen-bond acceptors (Lipinski definition) is 5. The molecule has 3 aromatic rings. The second-order valence-electron chi connectivity index (χ2n) is 4.88. The van der Waals surface area contributed by atoms with Crippen LogP contribution in [0.1, 0.15) is 10.4 Å². The van der Waals surface area contributed by atoms with Crippen molar-refractivity contribution in [2.24, 2.45) is 0 Å². The highest BCUT2D eigenvalue weighted by Crippen LogP contribution is 2.35. The van der Waals surface area contributed by atoms with E-state index in [1.54, 1.807) is 36.4 Å². The number of anilines is 2. The summed E-state index contributed by atoms with van der Waals surface area (Å²) >= 11 is -0.380. The minimum atomic E-state index is -2.44. The molecule has 0 amide bonds. The third kappa shape index (κ3) is 3.48. The molecule has 1 aromatic heterocycles. The first-order valence-electron chi connectivity index (χ1n) is 7.01. The summed E-state index contributed by atoms with van der Waals surface area (Å²) in [4.78, 5) is 20.6. The van der Waals surface area contributed by atoms with Gasteiger partial charge in [-0.05, 0) is 52.9 Å². The predicted molar refractivity (Wildman–Crippen MR) is 103 cm³/mol. The molecule has 1 atom stereocenters. The van der Waals surface area contributed by atoms with E-state index in [0.29, 0.717) is 16.7 Å². The lowest BCUT2D eigenvalue weighted by Crippen LogP contribution is -2.22. The number of methoxy groups -OCH3 is 1. The van der Waals surface area contributed by atoms with Gasteiger partial charge in [0.2, 0.25) is 0 Å². The lowest BCUT2D eigenvalue weighted by Gasteiger charge is -2.23. The van der Waals surface area contributed by atoms with Gasteiger partial charge < -0.3 is 4.74 Å². The Labute approximate surface area is 159 Å². The summed E-state index contributed by atoms with van der Waals surface area (Å²) < 4.78 is 28.8. The molecule has 0 radical (unpaired) electrons. The third-order valence-electron chi connectivity index (χ3n) is 3.44. The fraction of sp³-hybridized carbons (Fsp3) is 0.0625. The minimum Gasteiger partial charge on any atom is -0.465 e. The zero-order chi connectivity index (χ0) is 18.0. The van der Waals surface area contributed by atoms with Gasteiger partial charge in [0.25, 0.3) is 11.3 Å². The van der Waals surface area contributed by atoms with Gasteiger partial charge in [-0.15, -0.1) is 0 Å². The number of carbonyl (C=O) groups excluding carboxylic acids is 1. The van der Waals surface area contributed by atoms with Crippen molar-refractivity contribution in [2.45, 2.75) is 0 Å². The number of halogens is 1. The van der Waals surface area contributed by atoms with Crippen molar-refractivity contribution in [3.8, 4) is 0 Å². The molecule has 1 heterocycles. The van der Waals surface area contributed by atoms with Gasteiger partial charge in [0.1, 0.15) is 5.52 Å². The van der Waals surface area contributed by atoms with E-state index in [9.17, 15) is 13.6 Å². The number of benzene rings is 2. The maximum atomic E-state index is 12.2. The molecular formula is C16H12IN3O4S. The van der Waals surface area contributed by atoms with E-state index in [1.165, 1.54) is 19.5 Å². The van der Waals surface area contributed by atoms with Gasteiger partial charge >= 0.3 is 5.97 Å². The first kappa shape index (κ1) is 17.7. The van der Waals surface area contributed by atoms with Crippen molar-refractivity contribution in [3.63, 3.8) is 0 Å². The molecule has 128 valence electrons. The third-order valence-corrected chi connectivity index (χ3v) is 4.81. The van der Waals surface area contributed by atoms with E-state index in [-0.39, 0.29) is 11.3 Å². The van der Waals surface area contributed by atoms with Gasteiger partial charge in [-0.3, -0.25) is 14.5 Å². The lowest BCUT2D eigenvalue weighted by molar-refractivity contribution is 0.0601. The Hall–Kier alpha value is -2.11. The van der Waals surface area contributed by atoms with Gasteiger partial charge in [0.05, 0.1) is 29.6 Å². The SMILES string of the molecule is COC(=O)c1ccc(I)cc1N(c1cccc2nccnc12)S(=O)O. The Morgan fingerprint density at radius 1 is 1.20 bits per heavy atom. The van der Waals surface area contributed by atoms with Crippen molar-refractivity contribution in [1.82, 2.24) is 9.97 Å². The highest BCUT2D eigenvalue weighted by Gasteiger charge is 2.25. The van der Waals surface area contributed by atoms with Gasteiger partial charge in [0.15, 0.2) is 0 Å². The van der Waals surface area contributed by atoms with E-state index in [2.05, 4.69) is 32.6 Å². The molecule has 3 rings (SSSR count). The number of esters is 1. The van der Waals surface area contributed by atoms with Crippen molar-refractivity contribution in [3.05, 3.63) is 57.9 Å². The summed E-state index contributed by atoms with van der Waals surface area (Å²) in [6, 6.07) is 10.0. The van der Waals surface area contributed by atoms with Crippen molar-refractivity contribution in [1.29, 1.82) is 0 Å². The quantitative estimate of drug-likeness (QED) is 0.358. The van der Waals surface area contributed by atoms with Crippen LogP contribution in [0.3, 0.4) is 0 Å². The van der Waals surface area contributed by atoms with E-state index in [4.69, 9.17) is 4.74 Å². The monoisotopic (exact) mass is 469 g/mol. The Morgan fingerprint density at radius 2 is 1.96 bits per heavy atom. The summed E-state index contributed by atoms with van der Waals surface area (Å²) in [5.74, 6) is -0.604. The van der Waals surface area contributed by atoms with E-state index < -0.39 is 17.2 Å². The molecule has 0 aliphatic rings. The summed E-state index contributed by atoms with van der Waals surface area (Å²) in [6.07, 6.45) is 3.04. The molecule has 0 aliphatic carbocycles. The average Bonchev–Trinajstić information content (AvgIpc) is 2.61. The van der Waals surface area contributed by atoms with Gasteiger partial charge in [0, 0.05) is 16.0 Å². The van der Waals surface area contributed by atoms with Crippen LogP contribution in [0.15, 0.2) is 48.8 Å². The topological polar surface area (TPSA) is 92.6 Å². The minimum absolute atomic E-state index is 0.172. The maximum absolute atomic E-state index is 12.2. The molecule has 1 N–H and O–H groups in total. The number of para-hydroxylation sites is 1. The largest absolute Gasteiger partial charge is 0.465 e. The van der Waals surface area contributed by atoms with E-state index in [0.717, 1.165) is 7.88 Å². The molecule has 2 aromatic carbocycles. The van der Waals surface area contributed by atoms with E-state index in [1.807, 2.05) is 0 Å². The fourth-order valence-electron chi connectivity index (χ4n) is 2.39.